The first kappa shape index (κ1) is 36.9. The van der Waals surface area contributed by atoms with Crippen LogP contribution in [-0.4, -0.2) is 73.1 Å². The van der Waals surface area contributed by atoms with Crippen molar-refractivity contribution in [3.8, 4) is 0 Å². The van der Waals surface area contributed by atoms with Crippen LogP contribution in [-0.2, 0) is 28.5 Å². The molecule has 2 saturated heterocycles. The van der Waals surface area contributed by atoms with Gasteiger partial charge in [-0.2, -0.15) is 0 Å². The highest BCUT2D eigenvalue weighted by Gasteiger charge is 2.47. The van der Waals surface area contributed by atoms with Crippen LogP contribution < -0.4 is 10.6 Å². The first-order valence-electron chi connectivity index (χ1n) is 15.9. The van der Waals surface area contributed by atoms with Crippen molar-refractivity contribution in [2.45, 2.75) is 145 Å². The summed E-state index contributed by atoms with van der Waals surface area (Å²) in [4.78, 5) is 25.1. The largest absolute Gasteiger partial charge is 0.388 e. The summed E-state index contributed by atoms with van der Waals surface area (Å²) in [6.45, 7) is 27.2. The Morgan fingerprint density at radius 2 is 1.29 bits per heavy atom. The van der Waals surface area contributed by atoms with Gasteiger partial charge in [-0.3, -0.25) is 9.59 Å². The van der Waals surface area contributed by atoms with Gasteiger partial charge in [0.2, 0.25) is 11.8 Å². The molecular formula is C33H62N2O7. The zero-order valence-corrected chi connectivity index (χ0v) is 28.6. The van der Waals surface area contributed by atoms with E-state index in [0.29, 0.717) is 37.8 Å². The fourth-order valence-corrected chi connectivity index (χ4v) is 6.13. The topological polar surface area (TPSA) is 115 Å². The van der Waals surface area contributed by atoms with Gasteiger partial charge in [0.1, 0.15) is 18.3 Å². The third-order valence-corrected chi connectivity index (χ3v) is 8.90. The number of carbonyl (C=O) groups is 2. The highest BCUT2D eigenvalue weighted by molar-refractivity contribution is 5.76. The van der Waals surface area contributed by atoms with Crippen molar-refractivity contribution in [2.24, 2.45) is 28.1 Å². The molecule has 9 heteroatoms. The number of amides is 2. The fourth-order valence-electron chi connectivity index (χ4n) is 6.13. The van der Waals surface area contributed by atoms with Crippen molar-refractivity contribution in [3.63, 3.8) is 0 Å². The van der Waals surface area contributed by atoms with Gasteiger partial charge in [0.05, 0.1) is 13.2 Å². The summed E-state index contributed by atoms with van der Waals surface area (Å²) >= 11 is 0. The molecule has 2 fully saturated rings. The first-order valence-corrected chi connectivity index (χ1v) is 15.9. The number of hydrogen-bond acceptors (Lipinski definition) is 7. The molecule has 7 atom stereocenters. The van der Waals surface area contributed by atoms with E-state index < -0.39 is 29.9 Å². The van der Waals surface area contributed by atoms with Gasteiger partial charge >= 0.3 is 0 Å². The fraction of sp³-hybridized carbons (Fsp3) is 0.939. The number of carbonyl (C=O) groups excluding carboxylic acids is 2. The van der Waals surface area contributed by atoms with E-state index in [2.05, 4.69) is 79.9 Å². The predicted octanol–water partition coefficient (Wildman–Crippen LogP) is 5.18. The van der Waals surface area contributed by atoms with Gasteiger partial charge in [-0.1, -0.05) is 69.2 Å². The average molecular weight is 599 g/mol. The van der Waals surface area contributed by atoms with Gasteiger partial charge in [0.15, 0.2) is 11.6 Å². The van der Waals surface area contributed by atoms with Gasteiger partial charge < -0.3 is 34.7 Å². The number of aliphatic hydroxyl groups excluding tert-OH is 1. The Bertz CT molecular complexity index is 896. The normalized spacial score (nSPS) is 29.3. The maximum atomic E-state index is 12.6. The third kappa shape index (κ3) is 12.0. The molecule has 0 radical (unpaired) electrons. The molecular weight excluding hydrogens is 536 g/mol. The Morgan fingerprint density at radius 3 is 1.71 bits per heavy atom. The van der Waals surface area contributed by atoms with Crippen LogP contribution in [0.4, 0.5) is 0 Å². The number of rotatable bonds is 14. The lowest BCUT2D eigenvalue weighted by molar-refractivity contribution is -0.195. The standard InChI is InChI=1S/C33H62N2O7/c1-22(23(2)30(6,7)8)17-34-26(36)13-15-32(11)39-18-24(41-32)28(38)25-19-40-33(12,42-25)16-14-27(37)35-21-31(9,10)20-29(3,4)5/h22-25,28,38H,13-21H2,1-12H3,(H,34,36)(H,35,37). The Balaban J connectivity index is 1.75. The van der Waals surface area contributed by atoms with E-state index in [1.165, 1.54) is 0 Å². The number of nitrogens with one attached hydrogen (secondary N) is 2. The SMILES string of the molecule is CC(CNC(=O)CCC1(C)OCC(C(O)C2COC(C)(CCC(=O)NCC(C)(C)CC(C)(C)C)O2)O1)C(C)C(C)(C)C. The van der Waals surface area contributed by atoms with Crippen LogP contribution in [0.25, 0.3) is 0 Å². The lowest BCUT2D eigenvalue weighted by Crippen LogP contribution is -2.42. The van der Waals surface area contributed by atoms with Crippen LogP contribution in [0.3, 0.4) is 0 Å². The molecule has 2 amide bonds. The molecule has 0 aliphatic carbocycles. The molecule has 7 unspecified atom stereocenters. The van der Waals surface area contributed by atoms with Gasteiger partial charge in [0, 0.05) is 38.8 Å². The summed E-state index contributed by atoms with van der Waals surface area (Å²) in [5.74, 6) is -1.18. The van der Waals surface area contributed by atoms with Crippen LogP contribution in [0.15, 0.2) is 0 Å². The molecule has 2 aliphatic heterocycles. The predicted molar refractivity (Wildman–Crippen MR) is 165 cm³/mol. The second kappa shape index (κ2) is 14.2. The number of ether oxygens (including phenoxy) is 4. The van der Waals surface area contributed by atoms with Crippen molar-refractivity contribution in [1.29, 1.82) is 0 Å². The van der Waals surface area contributed by atoms with Crippen molar-refractivity contribution >= 4 is 11.8 Å². The number of aliphatic hydroxyl groups is 1. The van der Waals surface area contributed by atoms with Crippen LogP contribution in [0.2, 0.25) is 0 Å². The van der Waals surface area contributed by atoms with E-state index in [9.17, 15) is 14.7 Å². The van der Waals surface area contributed by atoms with E-state index >= 15 is 0 Å². The van der Waals surface area contributed by atoms with Gasteiger partial charge in [-0.05, 0) is 48.3 Å². The smallest absolute Gasteiger partial charge is 0.220 e. The quantitative estimate of drug-likeness (QED) is 0.252. The van der Waals surface area contributed by atoms with Crippen molar-refractivity contribution in [1.82, 2.24) is 10.6 Å². The Kier molecular flexibility index (Phi) is 12.5. The van der Waals surface area contributed by atoms with Crippen LogP contribution in [0, 0.1) is 28.1 Å². The summed E-state index contributed by atoms with van der Waals surface area (Å²) in [5, 5.41) is 17.1. The maximum Gasteiger partial charge on any atom is 0.220 e. The summed E-state index contributed by atoms with van der Waals surface area (Å²) in [6, 6.07) is 0. The Labute approximate surface area is 255 Å². The van der Waals surface area contributed by atoms with E-state index in [1.807, 2.05) is 0 Å². The molecule has 2 heterocycles. The minimum absolute atomic E-state index is 0.00160. The second-order valence-corrected chi connectivity index (χ2v) is 16.3. The van der Waals surface area contributed by atoms with Crippen LogP contribution >= 0.6 is 0 Å². The second-order valence-electron chi connectivity index (χ2n) is 16.3. The molecule has 2 aliphatic rings. The van der Waals surface area contributed by atoms with Crippen molar-refractivity contribution in [2.75, 3.05) is 26.3 Å². The highest BCUT2D eigenvalue weighted by Crippen LogP contribution is 2.36. The summed E-state index contributed by atoms with van der Waals surface area (Å²) < 4.78 is 24.0. The lowest BCUT2D eigenvalue weighted by Gasteiger charge is -2.32. The zero-order valence-electron chi connectivity index (χ0n) is 28.6. The molecule has 42 heavy (non-hydrogen) atoms. The zero-order chi connectivity index (χ0) is 32.1. The average Bonchev–Trinajstić information content (AvgIpc) is 3.44. The van der Waals surface area contributed by atoms with E-state index in [-0.39, 0.29) is 54.1 Å². The van der Waals surface area contributed by atoms with Gasteiger partial charge in [-0.15, -0.1) is 0 Å². The maximum absolute atomic E-state index is 12.6. The molecule has 246 valence electrons. The van der Waals surface area contributed by atoms with Crippen LogP contribution in [0.1, 0.15) is 115 Å². The summed E-state index contributed by atoms with van der Waals surface area (Å²) in [5.41, 5.74) is 0.368. The molecule has 0 spiro atoms. The van der Waals surface area contributed by atoms with E-state index in [4.69, 9.17) is 18.9 Å². The molecule has 2 rings (SSSR count). The molecule has 9 nitrogen and oxygen atoms in total. The molecule has 0 saturated carbocycles. The highest BCUT2D eigenvalue weighted by atomic mass is 16.8. The van der Waals surface area contributed by atoms with E-state index in [0.717, 1.165) is 6.42 Å². The van der Waals surface area contributed by atoms with Crippen molar-refractivity contribution < 1.29 is 33.6 Å². The Hall–Kier alpha value is -1.26. The minimum atomic E-state index is -0.966. The van der Waals surface area contributed by atoms with Gasteiger partial charge in [0.25, 0.3) is 0 Å². The van der Waals surface area contributed by atoms with Crippen molar-refractivity contribution in [3.05, 3.63) is 0 Å². The van der Waals surface area contributed by atoms with E-state index in [1.54, 1.807) is 13.8 Å². The monoisotopic (exact) mass is 598 g/mol. The lowest BCUT2D eigenvalue weighted by atomic mass is 9.75. The summed E-state index contributed by atoms with van der Waals surface area (Å²) in [7, 11) is 0. The van der Waals surface area contributed by atoms with Crippen LogP contribution in [0.5, 0.6) is 0 Å². The molecule has 3 N–H and O–H groups in total. The molecule has 0 aromatic heterocycles. The Morgan fingerprint density at radius 1 is 0.833 bits per heavy atom. The molecule has 0 bridgehead atoms. The summed E-state index contributed by atoms with van der Waals surface area (Å²) in [6.07, 6.45) is 0.128. The molecule has 0 aromatic rings. The molecule has 0 aromatic carbocycles. The third-order valence-electron chi connectivity index (χ3n) is 8.90. The van der Waals surface area contributed by atoms with Gasteiger partial charge in [-0.25, -0.2) is 0 Å². The minimum Gasteiger partial charge on any atom is -0.388 e. The first-order chi connectivity index (χ1) is 19.0. The number of hydrogen-bond donors (Lipinski definition) is 3.